The molecule has 0 aliphatic heterocycles. The molecule has 3 heterocycles. The molecule has 0 bridgehead atoms. The van der Waals surface area contributed by atoms with Crippen molar-refractivity contribution in [1.82, 2.24) is 30.2 Å². The molecule has 0 saturated carbocycles. The van der Waals surface area contributed by atoms with E-state index in [1.54, 1.807) is 19.3 Å². The molecule has 3 rings (SSSR count). The van der Waals surface area contributed by atoms with Gasteiger partial charge < -0.3 is 4.55 Å². The number of hydrogen-bond donors (Lipinski definition) is 0. The molecule has 0 aliphatic rings. The third-order valence-electron chi connectivity index (χ3n) is 2.31. The predicted molar refractivity (Wildman–Crippen MR) is 66.3 cm³/mol. The molecule has 0 aromatic carbocycles. The van der Waals surface area contributed by atoms with E-state index in [2.05, 4.69) is 25.5 Å². The molecule has 0 amide bonds. The van der Waals surface area contributed by atoms with Crippen LogP contribution in [0.4, 0.5) is 0 Å². The Kier molecular flexibility index (Phi) is 2.94. The number of rotatable bonds is 3. The van der Waals surface area contributed by atoms with Gasteiger partial charge in [-0.3, -0.25) is 0 Å². The number of aryl methyl sites for hydroxylation is 1. The van der Waals surface area contributed by atoms with E-state index in [0.717, 1.165) is 10.3 Å². The van der Waals surface area contributed by atoms with E-state index < -0.39 is 11.2 Å². The van der Waals surface area contributed by atoms with Crippen LogP contribution in [0.3, 0.4) is 0 Å². The number of fused-ring (bicyclic) bond motifs is 1. The summed E-state index contributed by atoms with van der Waals surface area (Å²) in [4.78, 5) is 9.26. The van der Waals surface area contributed by atoms with Gasteiger partial charge in [0.15, 0.2) is 5.75 Å². The second kappa shape index (κ2) is 4.59. The number of tetrazole rings is 1. The van der Waals surface area contributed by atoms with Crippen LogP contribution in [-0.4, -0.2) is 34.7 Å². The van der Waals surface area contributed by atoms with Crippen LogP contribution in [-0.2, 0) is 24.0 Å². The van der Waals surface area contributed by atoms with Crippen LogP contribution in [0, 0.1) is 0 Å². The maximum atomic E-state index is 12.2. The Bertz CT molecular complexity index is 647. The summed E-state index contributed by atoms with van der Waals surface area (Å²) >= 11 is 0.0812. The van der Waals surface area contributed by atoms with E-state index in [-0.39, 0.29) is 5.75 Å². The van der Waals surface area contributed by atoms with Gasteiger partial charge in [-0.1, -0.05) is 0 Å². The maximum Gasteiger partial charge on any atom is 0.304 e. The van der Waals surface area contributed by atoms with Crippen LogP contribution in [0.15, 0.2) is 22.7 Å². The maximum absolute atomic E-state index is 12.2. The fraction of sp³-hybridized carbons (Fsp3) is 0.222. The van der Waals surface area contributed by atoms with E-state index in [0.29, 0.717) is 10.2 Å². The third-order valence-corrected chi connectivity index (χ3v) is 4.89. The summed E-state index contributed by atoms with van der Waals surface area (Å²) in [6.07, 6.45) is 1.69. The van der Waals surface area contributed by atoms with Gasteiger partial charge in [-0.2, -0.15) is 4.98 Å². The van der Waals surface area contributed by atoms with Crippen molar-refractivity contribution in [3.05, 3.63) is 24.2 Å². The molecular weight excluding hydrogens is 272 g/mol. The lowest BCUT2D eigenvalue weighted by Gasteiger charge is -2.04. The summed E-state index contributed by atoms with van der Waals surface area (Å²) in [6.45, 7) is 0. The SMILES string of the molecule is Cn1nnnc1C[S+]([O-])c1nc2cccnc2s1. The van der Waals surface area contributed by atoms with Crippen molar-refractivity contribution in [2.45, 2.75) is 10.1 Å². The molecule has 18 heavy (non-hydrogen) atoms. The van der Waals surface area contributed by atoms with Gasteiger partial charge in [-0.05, 0) is 33.9 Å². The molecule has 0 N–H and O–H groups in total. The molecule has 7 nitrogen and oxygen atoms in total. The van der Waals surface area contributed by atoms with Gasteiger partial charge in [0, 0.05) is 24.4 Å². The highest BCUT2D eigenvalue weighted by Gasteiger charge is 2.20. The van der Waals surface area contributed by atoms with Crippen molar-refractivity contribution >= 4 is 32.9 Å². The Labute approximate surface area is 109 Å². The topological polar surface area (TPSA) is 92.4 Å². The molecule has 1 atom stereocenters. The zero-order valence-electron chi connectivity index (χ0n) is 9.35. The minimum atomic E-state index is -1.25. The number of hydrogen-bond acceptors (Lipinski definition) is 7. The van der Waals surface area contributed by atoms with Crippen molar-refractivity contribution in [2.75, 3.05) is 0 Å². The molecule has 1 unspecified atom stereocenters. The smallest absolute Gasteiger partial charge is 0.304 e. The van der Waals surface area contributed by atoms with Crippen molar-refractivity contribution in [2.24, 2.45) is 7.05 Å². The lowest BCUT2D eigenvalue weighted by molar-refractivity contribution is 0.589. The Morgan fingerprint density at radius 3 is 3.11 bits per heavy atom. The molecule has 9 heteroatoms. The molecule has 92 valence electrons. The Morgan fingerprint density at radius 1 is 1.50 bits per heavy atom. The first-order valence-corrected chi connectivity index (χ1v) is 7.19. The van der Waals surface area contributed by atoms with Crippen LogP contribution in [0.1, 0.15) is 5.82 Å². The first-order valence-electron chi connectivity index (χ1n) is 5.05. The molecule has 0 radical (unpaired) electrons. The second-order valence-corrected chi connectivity index (χ2v) is 6.12. The third kappa shape index (κ3) is 2.07. The summed E-state index contributed by atoms with van der Waals surface area (Å²) in [5, 5.41) is 11.0. The molecule has 3 aromatic rings. The van der Waals surface area contributed by atoms with Crippen LogP contribution < -0.4 is 0 Å². The van der Waals surface area contributed by atoms with E-state index in [1.165, 1.54) is 16.0 Å². The van der Waals surface area contributed by atoms with Crippen molar-refractivity contribution < 1.29 is 4.55 Å². The summed E-state index contributed by atoms with van der Waals surface area (Å²) in [6, 6.07) is 3.66. The molecule has 0 aliphatic carbocycles. The van der Waals surface area contributed by atoms with Crippen LogP contribution in [0.25, 0.3) is 10.3 Å². The van der Waals surface area contributed by atoms with Gasteiger partial charge >= 0.3 is 4.34 Å². The normalized spacial score (nSPS) is 13.0. The standard InChI is InChI=1S/C9H8N6OS2/c1-15-7(12-13-14-15)5-18(16)9-11-6-3-2-4-10-8(6)17-9/h2-4H,5H2,1H3. The largest absolute Gasteiger partial charge is 0.609 e. The molecule has 3 aromatic heterocycles. The van der Waals surface area contributed by atoms with Gasteiger partial charge in [0.2, 0.25) is 5.82 Å². The number of nitrogens with zero attached hydrogens (tertiary/aromatic N) is 6. The Hall–Kier alpha value is -1.58. The zero-order valence-corrected chi connectivity index (χ0v) is 11.0. The van der Waals surface area contributed by atoms with E-state index in [4.69, 9.17) is 0 Å². The highest BCUT2D eigenvalue weighted by atomic mass is 32.2. The van der Waals surface area contributed by atoms with Crippen LogP contribution >= 0.6 is 11.3 Å². The summed E-state index contributed by atoms with van der Waals surface area (Å²) in [7, 11) is 1.71. The van der Waals surface area contributed by atoms with E-state index in [9.17, 15) is 4.55 Å². The summed E-state index contributed by atoms with van der Waals surface area (Å²) in [5.74, 6) is 0.823. The van der Waals surface area contributed by atoms with Gasteiger partial charge in [0.25, 0.3) is 0 Å². The summed E-state index contributed by atoms with van der Waals surface area (Å²) < 4.78 is 14.2. The van der Waals surface area contributed by atoms with Crippen molar-refractivity contribution in [3.63, 3.8) is 0 Å². The Morgan fingerprint density at radius 2 is 2.39 bits per heavy atom. The van der Waals surface area contributed by atoms with Crippen molar-refractivity contribution in [3.8, 4) is 0 Å². The highest BCUT2D eigenvalue weighted by molar-refractivity contribution is 7.92. The fourth-order valence-corrected chi connectivity index (χ4v) is 3.63. The quantitative estimate of drug-likeness (QED) is 0.649. The van der Waals surface area contributed by atoms with E-state index >= 15 is 0 Å². The van der Waals surface area contributed by atoms with Gasteiger partial charge in [0.1, 0.15) is 10.3 Å². The van der Waals surface area contributed by atoms with Crippen LogP contribution in [0.5, 0.6) is 0 Å². The Balaban J connectivity index is 1.88. The predicted octanol–water partition coefficient (Wildman–Crippen LogP) is 0.523. The van der Waals surface area contributed by atoms with Crippen LogP contribution in [0.2, 0.25) is 0 Å². The van der Waals surface area contributed by atoms with Gasteiger partial charge in [0.05, 0.1) is 0 Å². The molecule has 0 fully saturated rings. The lowest BCUT2D eigenvalue weighted by atomic mass is 10.5. The molecule has 0 saturated heterocycles. The molecule has 0 spiro atoms. The van der Waals surface area contributed by atoms with Gasteiger partial charge in [-0.15, -0.1) is 5.10 Å². The summed E-state index contributed by atoms with van der Waals surface area (Å²) in [5.41, 5.74) is 0.766. The fourth-order valence-electron chi connectivity index (χ4n) is 1.40. The molecular formula is C9H8N6OS2. The minimum absolute atomic E-state index is 0.253. The highest BCUT2D eigenvalue weighted by Crippen LogP contribution is 2.25. The lowest BCUT2D eigenvalue weighted by Crippen LogP contribution is -2.09. The van der Waals surface area contributed by atoms with Crippen molar-refractivity contribution in [1.29, 1.82) is 0 Å². The second-order valence-electron chi connectivity index (χ2n) is 3.52. The number of thiazole rings is 1. The minimum Gasteiger partial charge on any atom is -0.609 e. The first kappa shape index (κ1) is 11.5. The first-order chi connectivity index (χ1) is 8.74. The average molecular weight is 280 g/mol. The average Bonchev–Trinajstić information content (AvgIpc) is 2.96. The van der Waals surface area contributed by atoms with E-state index in [1.807, 2.05) is 6.07 Å². The zero-order chi connectivity index (χ0) is 12.5. The number of pyridine rings is 1. The number of aromatic nitrogens is 6. The van der Waals surface area contributed by atoms with Gasteiger partial charge in [-0.25, -0.2) is 9.67 Å². The monoisotopic (exact) mass is 280 g/mol.